The fourth-order valence-electron chi connectivity index (χ4n) is 2.68. The highest BCUT2D eigenvalue weighted by molar-refractivity contribution is 6.32. The van der Waals surface area contributed by atoms with Crippen molar-refractivity contribution in [2.45, 2.75) is 19.3 Å². The van der Waals surface area contributed by atoms with E-state index in [0.717, 1.165) is 16.8 Å². The van der Waals surface area contributed by atoms with Crippen LogP contribution in [0.15, 0.2) is 36.4 Å². The first-order chi connectivity index (χ1) is 11.5. The average molecular weight is 345 g/mol. The van der Waals surface area contributed by atoms with Crippen molar-refractivity contribution in [2.75, 3.05) is 17.7 Å². The molecule has 2 amide bonds. The molecule has 0 aromatic heterocycles. The van der Waals surface area contributed by atoms with Crippen LogP contribution < -0.4 is 15.4 Å². The maximum absolute atomic E-state index is 12.2. The lowest BCUT2D eigenvalue weighted by Crippen LogP contribution is -2.19. The van der Waals surface area contributed by atoms with Gasteiger partial charge >= 0.3 is 0 Å². The SMILES string of the molecule is COc1ccc(NC(=O)Cc2ccc3c(c2)CCC(=O)N3)cc1Cl. The molecule has 0 atom stereocenters. The normalized spacial score (nSPS) is 13.0. The molecule has 1 aliphatic heterocycles. The lowest BCUT2D eigenvalue weighted by atomic mass is 9.99. The molecule has 24 heavy (non-hydrogen) atoms. The van der Waals surface area contributed by atoms with Crippen molar-refractivity contribution in [3.8, 4) is 5.75 Å². The van der Waals surface area contributed by atoms with E-state index in [9.17, 15) is 9.59 Å². The smallest absolute Gasteiger partial charge is 0.228 e. The maximum atomic E-state index is 12.2. The number of carbonyl (C=O) groups is 2. The van der Waals surface area contributed by atoms with Crippen LogP contribution in [0, 0.1) is 0 Å². The Hall–Kier alpha value is -2.53. The second kappa shape index (κ2) is 6.93. The molecule has 0 radical (unpaired) electrons. The zero-order valence-electron chi connectivity index (χ0n) is 13.2. The number of hydrogen-bond donors (Lipinski definition) is 2. The van der Waals surface area contributed by atoms with Crippen molar-refractivity contribution < 1.29 is 14.3 Å². The number of hydrogen-bond acceptors (Lipinski definition) is 3. The maximum Gasteiger partial charge on any atom is 0.228 e. The summed E-state index contributed by atoms with van der Waals surface area (Å²) in [6, 6.07) is 10.8. The molecule has 0 aliphatic carbocycles. The molecular formula is C18H17ClN2O3. The van der Waals surface area contributed by atoms with Crippen LogP contribution in [0.1, 0.15) is 17.5 Å². The largest absolute Gasteiger partial charge is 0.495 e. The van der Waals surface area contributed by atoms with E-state index >= 15 is 0 Å². The third-order valence-electron chi connectivity index (χ3n) is 3.87. The van der Waals surface area contributed by atoms with E-state index in [4.69, 9.17) is 16.3 Å². The van der Waals surface area contributed by atoms with Gasteiger partial charge in [0.2, 0.25) is 11.8 Å². The highest BCUT2D eigenvalue weighted by Crippen LogP contribution is 2.27. The van der Waals surface area contributed by atoms with Crippen molar-refractivity contribution in [2.24, 2.45) is 0 Å². The monoisotopic (exact) mass is 344 g/mol. The number of nitrogens with one attached hydrogen (secondary N) is 2. The Morgan fingerprint density at radius 2 is 2.08 bits per heavy atom. The van der Waals surface area contributed by atoms with Gasteiger partial charge in [-0.1, -0.05) is 23.7 Å². The Bertz CT molecular complexity index is 805. The number of fused-ring (bicyclic) bond motifs is 1. The van der Waals surface area contributed by atoms with Gasteiger partial charge < -0.3 is 15.4 Å². The van der Waals surface area contributed by atoms with E-state index < -0.39 is 0 Å². The van der Waals surface area contributed by atoms with Gasteiger partial charge in [0.1, 0.15) is 5.75 Å². The quantitative estimate of drug-likeness (QED) is 0.893. The molecule has 2 N–H and O–H groups in total. The minimum absolute atomic E-state index is 0.0318. The van der Waals surface area contributed by atoms with Crippen molar-refractivity contribution in [3.05, 3.63) is 52.5 Å². The molecule has 0 bridgehead atoms. The van der Waals surface area contributed by atoms with Crippen LogP contribution in [0.5, 0.6) is 5.75 Å². The molecule has 0 spiro atoms. The van der Waals surface area contributed by atoms with E-state index in [1.165, 1.54) is 7.11 Å². The van der Waals surface area contributed by atoms with Gasteiger partial charge in [-0.05, 0) is 41.8 Å². The standard InChI is InChI=1S/C18H17ClN2O3/c1-24-16-6-4-13(10-14(16)19)20-18(23)9-11-2-5-15-12(8-11)3-7-17(22)21-15/h2,4-6,8,10H,3,7,9H2,1H3,(H,20,23)(H,21,22). The Kier molecular flexibility index (Phi) is 4.71. The van der Waals surface area contributed by atoms with E-state index in [1.54, 1.807) is 18.2 Å². The van der Waals surface area contributed by atoms with Crippen LogP contribution >= 0.6 is 11.6 Å². The number of rotatable bonds is 4. The molecule has 3 rings (SSSR count). The molecule has 124 valence electrons. The Morgan fingerprint density at radius 3 is 2.83 bits per heavy atom. The van der Waals surface area contributed by atoms with Crippen LogP contribution in [0.25, 0.3) is 0 Å². The van der Waals surface area contributed by atoms with Crippen molar-refractivity contribution >= 4 is 34.8 Å². The zero-order chi connectivity index (χ0) is 17.1. The van der Waals surface area contributed by atoms with Gasteiger partial charge in [-0.15, -0.1) is 0 Å². The van der Waals surface area contributed by atoms with Gasteiger partial charge in [0.25, 0.3) is 0 Å². The number of halogens is 1. The number of carbonyl (C=O) groups excluding carboxylic acids is 2. The minimum Gasteiger partial charge on any atom is -0.495 e. The lowest BCUT2D eigenvalue weighted by molar-refractivity contribution is -0.117. The summed E-state index contributed by atoms with van der Waals surface area (Å²) in [5.74, 6) is 0.465. The Balaban J connectivity index is 1.67. The number of benzene rings is 2. The molecule has 1 aliphatic rings. The van der Waals surface area contributed by atoms with Crippen molar-refractivity contribution in [3.63, 3.8) is 0 Å². The van der Waals surface area contributed by atoms with Crippen LogP contribution in [-0.2, 0) is 22.4 Å². The lowest BCUT2D eigenvalue weighted by Gasteiger charge is -2.17. The van der Waals surface area contributed by atoms with E-state index in [2.05, 4.69) is 10.6 Å². The van der Waals surface area contributed by atoms with Crippen molar-refractivity contribution in [1.82, 2.24) is 0 Å². The van der Waals surface area contributed by atoms with Crippen LogP contribution in [0.3, 0.4) is 0 Å². The number of ether oxygens (including phenoxy) is 1. The molecule has 0 unspecified atom stereocenters. The summed E-state index contributed by atoms with van der Waals surface area (Å²) < 4.78 is 5.09. The van der Waals surface area contributed by atoms with Gasteiger partial charge in [0, 0.05) is 17.8 Å². The third kappa shape index (κ3) is 3.68. The highest BCUT2D eigenvalue weighted by Gasteiger charge is 2.15. The molecule has 0 fully saturated rings. The van der Waals surface area contributed by atoms with Crippen molar-refractivity contribution in [1.29, 1.82) is 0 Å². The zero-order valence-corrected chi connectivity index (χ0v) is 13.9. The molecule has 6 heteroatoms. The fraction of sp³-hybridized carbons (Fsp3) is 0.222. The second-order valence-corrected chi connectivity index (χ2v) is 6.02. The van der Waals surface area contributed by atoms with Crippen LogP contribution in [-0.4, -0.2) is 18.9 Å². The molecule has 1 heterocycles. The summed E-state index contributed by atoms with van der Waals surface area (Å²) in [5, 5.41) is 6.10. The second-order valence-electron chi connectivity index (χ2n) is 5.61. The Labute approximate surface area is 145 Å². The van der Waals surface area contributed by atoms with Gasteiger partial charge in [0.05, 0.1) is 18.6 Å². The molecule has 0 saturated heterocycles. The summed E-state index contributed by atoms with van der Waals surface area (Å²) in [5.41, 5.74) is 3.42. The molecule has 2 aromatic rings. The number of amides is 2. The van der Waals surface area contributed by atoms with Crippen LogP contribution in [0.4, 0.5) is 11.4 Å². The third-order valence-corrected chi connectivity index (χ3v) is 4.16. The summed E-state index contributed by atoms with van der Waals surface area (Å²) in [6.45, 7) is 0. The van der Waals surface area contributed by atoms with E-state index in [0.29, 0.717) is 29.3 Å². The first kappa shape index (κ1) is 16.3. The van der Waals surface area contributed by atoms with Gasteiger partial charge in [0.15, 0.2) is 0 Å². The molecule has 2 aromatic carbocycles. The van der Waals surface area contributed by atoms with Gasteiger partial charge in [-0.3, -0.25) is 9.59 Å². The molecule has 5 nitrogen and oxygen atoms in total. The number of methoxy groups -OCH3 is 1. The predicted molar refractivity (Wildman–Crippen MR) is 93.7 cm³/mol. The number of anilines is 2. The number of aryl methyl sites for hydroxylation is 1. The van der Waals surface area contributed by atoms with Crippen LogP contribution in [0.2, 0.25) is 5.02 Å². The van der Waals surface area contributed by atoms with E-state index in [-0.39, 0.29) is 18.2 Å². The summed E-state index contributed by atoms with van der Waals surface area (Å²) in [6.07, 6.45) is 1.43. The first-order valence-electron chi connectivity index (χ1n) is 7.60. The molecule has 0 saturated carbocycles. The van der Waals surface area contributed by atoms with Gasteiger partial charge in [-0.2, -0.15) is 0 Å². The highest BCUT2D eigenvalue weighted by atomic mass is 35.5. The Morgan fingerprint density at radius 1 is 1.25 bits per heavy atom. The fourth-order valence-corrected chi connectivity index (χ4v) is 2.94. The van der Waals surface area contributed by atoms with Gasteiger partial charge in [-0.25, -0.2) is 0 Å². The predicted octanol–water partition coefficient (Wildman–Crippen LogP) is 3.41. The summed E-state index contributed by atoms with van der Waals surface area (Å²) >= 11 is 6.05. The summed E-state index contributed by atoms with van der Waals surface area (Å²) in [7, 11) is 1.54. The molecular weight excluding hydrogens is 328 g/mol. The average Bonchev–Trinajstić information content (AvgIpc) is 2.55. The summed E-state index contributed by atoms with van der Waals surface area (Å²) in [4.78, 5) is 23.6. The minimum atomic E-state index is -0.129. The van der Waals surface area contributed by atoms with E-state index in [1.807, 2.05) is 18.2 Å². The first-order valence-corrected chi connectivity index (χ1v) is 7.98. The topological polar surface area (TPSA) is 67.4 Å².